The second-order valence-corrected chi connectivity index (χ2v) is 6.59. The van der Waals surface area contributed by atoms with E-state index in [1.54, 1.807) is 18.4 Å². The first-order valence-electron chi connectivity index (χ1n) is 6.19. The molecule has 0 aliphatic heterocycles. The van der Waals surface area contributed by atoms with E-state index in [2.05, 4.69) is 37.2 Å². The van der Waals surface area contributed by atoms with Gasteiger partial charge in [0.25, 0.3) is 0 Å². The zero-order chi connectivity index (χ0) is 13.5. The molecule has 0 amide bonds. The summed E-state index contributed by atoms with van der Waals surface area (Å²) < 4.78 is 6.15. The number of likely N-dealkylation sites (N-methyl/N-ethyl adjacent to an activating group) is 1. The molecule has 1 heterocycles. The summed E-state index contributed by atoms with van der Waals surface area (Å²) in [4.78, 5) is 3.59. The van der Waals surface area contributed by atoms with Crippen molar-refractivity contribution in [3.63, 3.8) is 0 Å². The van der Waals surface area contributed by atoms with Crippen LogP contribution in [0.3, 0.4) is 0 Å². The monoisotopic (exact) mass is 290 g/mol. The molecule has 1 N–H and O–H groups in total. The molecule has 0 saturated carbocycles. The fraction of sp³-hybridized carbons (Fsp3) is 0.692. The first kappa shape index (κ1) is 15.9. The van der Waals surface area contributed by atoms with Gasteiger partial charge in [0.2, 0.25) is 0 Å². The lowest BCUT2D eigenvalue weighted by Crippen LogP contribution is -2.44. The lowest BCUT2D eigenvalue weighted by molar-refractivity contribution is 0.101. The van der Waals surface area contributed by atoms with Gasteiger partial charge in [-0.15, -0.1) is 11.3 Å². The topological polar surface area (TPSA) is 24.5 Å². The van der Waals surface area contributed by atoms with Crippen LogP contribution in [0.2, 0.25) is 4.34 Å². The maximum atomic E-state index is 5.95. The second-order valence-electron chi connectivity index (χ2n) is 4.79. The van der Waals surface area contributed by atoms with E-state index in [1.807, 2.05) is 6.07 Å². The van der Waals surface area contributed by atoms with Crippen molar-refractivity contribution >= 4 is 22.9 Å². The van der Waals surface area contributed by atoms with Gasteiger partial charge in [0, 0.05) is 37.2 Å². The second kappa shape index (κ2) is 8.12. The van der Waals surface area contributed by atoms with Gasteiger partial charge in [-0.3, -0.25) is 4.90 Å². The Bertz CT molecular complexity index is 343. The number of halogens is 1. The van der Waals surface area contributed by atoms with E-state index in [-0.39, 0.29) is 0 Å². The largest absolute Gasteiger partial charge is 0.383 e. The molecule has 0 bridgehead atoms. The Morgan fingerprint density at radius 2 is 2.17 bits per heavy atom. The van der Waals surface area contributed by atoms with E-state index >= 15 is 0 Å². The van der Waals surface area contributed by atoms with Crippen LogP contribution >= 0.6 is 22.9 Å². The molecule has 18 heavy (non-hydrogen) atoms. The molecule has 5 heteroatoms. The summed E-state index contributed by atoms with van der Waals surface area (Å²) in [6.45, 7) is 6.88. The van der Waals surface area contributed by atoms with Crippen LogP contribution in [-0.4, -0.2) is 44.3 Å². The zero-order valence-corrected chi connectivity index (χ0v) is 13.1. The summed E-state index contributed by atoms with van der Waals surface area (Å²) >= 11 is 7.59. The van der Waals surface area contributed by atoms with Crippen molar-refractivity contribution in [1.82, 2.24) is 10.2 Å². The molecule has 1 atom stereocenters. The van der Waals surface area contributed by atoms with E-state index in [9.17, 15) is 0 Å². The lowest BCUT2D eigenvalue weighted by atomic mass is 10.2. The molecule has 0 aromatic carbocycles. The minimum atomic E-state index is 0.373. The summed E-state index contributed by atoms with van der Waals surface area (Å²) in [7, 11) is 3.87. The first-order chi connectivity index (χ1) is 8.52. The molecule has 1 rings (SSSR count). The SMILES string of the molecule is COCC(CNC(C)C)N(C)Cc1ccc(Cl)s1. The van der Waals surface area contributed by atoms with Crippen LogP contribution in [0, 0.1) is 0 Å². The highest BCUT2D eigenvalue weighted by Gasteiger charge is 2.15. The van der Waals surface area contributed by atoms with Gasteiger partial charge in [-0.1, -0.05) is 25.4 Å². The van der Waals surface area contributed by atoms with E-state index in [1.165, 1.54) is 4.88 Å². The molecule has 0 radical (unpaired) electrons. The Morgan fingerprint density at radius 3 is 2.67 bits per heavy atom. The molecule has 0 aliphatic carbocycles. The van der Waals surface area contributed by atoms with Gasteiger partial charge in [-0.2, -0.15) is 0 Å². The molecule has 3 nitrogen and oxygen atoms in total. The molecule has 0 saturated heterocycles. The highest BCUT2D eigenvalue weighted by molar-refractivity contribution is 7.16. The number of thiophene rings is 1. The van der Waals surface area contributed by atoms with Gasteiger partial charge >= 0.3 is 0 Å². The van der Waals surface area contributed by atoms with Crippen molar-refractivity contribution in [1.29, 1.82) is 0 Å². The lowest BCUT2D eigenvalue weighted by Gasteiger charge is -2.28. The van der Waals surface area contributed by atoms with Crippen LogP contribution in [0.15, 0.2) is 12.1 Å². The third-order valence-electron chi connectivity index (χ3n) is 2.78. The van der Waals surface area contributed by atoms with Crippen molar-refractivity contribution in [3.8, 4) is 0 Å². The summed E-state index contributed by atoms with van der Waals surface area (Å²) in [6, 6.07) is 4.91. The van der Waals surface area contributed by atoms with Crippen LogP contribution in [0.4, 0.5) is 0 Å². The van der Waals surface area contributed by atoms with Crippen LogP contribution in [0.1, 0.15) is 18.7 Å². The van der Waals surface area contributed by atoms with Crippen LogP contribution < -0.4 is 5.32 Å². The third kappa shape index (κ3) is 5.67. The number of nitrogens with zero attached hydrogens (tertiary/aromatic N) is 1. The number of hydrogen-bond donors (Lipinski definition) is 1. The molecule has 0 spiro atoms. The van der Waals surface area contributed by atoms with Gasteiger partial charge < -0.3 is 10.1 Å². The molecule has 1 aromatic heterocycles. The molecule has 1 unspecified atom stereocenters. The van der Waals surface area contributed by atoms with E-state index < -0.39 is 0 Å². The first-order valence-corrected chi connectivity index (χ1v) is 7.39. The highest BCUT2D eigenvalue weighted by atomic mass is 35.5. The number of hydrogen-bond acceptors (Lipinski definition) is 4. The fourth-order valence-corrected chi connectivity index (χ4v) is 2.87. The van der Waals surface area contributed by atoms with Crippen molar-refractivity contribution in [3.05, 3.63) is 21.3 Å². The Hall–Kier alpha value is -0.130. The number of nitrogens with one attached hydrogen (secondary N) is 1. The van der Waals surface area contributed by atoms with Crippen molar-refractivity contribution in [2.24, 2.45) is 0 Å². The van der Waals surface area contributed by atoms with Gasteiger partial charge in [-0.25, -0.2) is 0 Å². The van der Waals surface area contributed by atoms with Crippen LogP contribution in [-0.2, 0) is 11.3 Å². The van der Waals surface area contributed by atoms with Crippen LogP contribution in [0.25, 0.3) is 0 Å². The van der Waals surface area contributed by atoms with E-state index in [0.717, 1.165) is 24.0 Å². The summed E-state index contributed by atoms with van der Waals surface area (Å²) in [5.41, 5.74) is 0. The van der Waals surface area contributed by atoms with E-state index in [0.29, 0.717) is 12.1 Å². The van der Waals surface area contributed by atoms with Gasteiger partial charge in [0.05, 0.1) is 10.9 Å². The van der Waals surface area contributed by atoms with Gasteiger partial charge in [-0.05, 0) is 19.2 Å². The Labute approximate surface area is 119 Å². The molecular formula is C13H23ClN2OS. The molecular weight excluding hydrogens is 268 g/mol. The average Bonchev–Trinajstić information content (AvgIpc) is 2.69. The minimum Gasteiger partial charge on any atom is -0.383 e. The molecule has 0 aliphatic rings. The Balaban J connectivity index is 2.50. The number of ether oxygens (including phenoxy) is 1. The molecule has 104 valence electrons. The summed E-state index contributed by atoms with van der Waals surface area (Å²) in [6.07, 6.45) is 0. The Morgan fingerprint density at radius 1 is 1.44 bits per heavy atom. The normalized spacial score (nSPS) is 13.5. The minimum absolute atomic E-state index is 0.373. The zero-order valence-electron chi connectivity index (χ0n) is 11.6. The fourth-order valence-electron chi connectivity index (χ4n) is 1.72. The predicted octanol–water partition coefficient (Wildman–Crippen LogP) is 2.85. The highest BCUT2D eigenvalue weighted by Crippen LogP contribution is 2.22. The third-order valence-corrected chi connectivity index (χ3v) is 3.99. The van der Waals surface area contributed by atoms with Crippen molar-refractivity contribution in [2.75, 3.05) is 27.3 Å². The standard InChI is InChI=1S/C13H23ClN2OS/c1-10(2)15-7-11(9-17-4)16(3)8-12-5-6-13(14)18-12/h5-6,10-11,15H,7-9H2,1-4H3. The Kier molecular flexibility index (Phi) is 7.19. The van der Waals surface area contributed by atoms with Gasteiger partial charge in [0.15, 0.2) is 0 Å². The van der Waals surface area contributed by atoms with E-state index in [4.69, 9.17) is 16.3 Å². The quantitative estimate of drug-likeness (QED) is 0.797. The van der Waals surface area contributed by atoms with Crippen molar-refractivity contribution < 1.29 is 4.74 Å². The number of methoxy groups -OCH3 is 1. The van der Waals surface area contributed by atoms with Crippen molar-refractivity contribution in [2.45, 2.75) is 32.5 Å². The maximum Gasteiger partial charge on any atom is 0.0931 e. The number of rotatable bonds is 8. The van der Waals surface area contributed by atoms with Crippen LogP contribution in [0.5, 0.6) is 0 Å². The predicted molar refractivity (Wildman–Crippen MR) is 79.6 cm³/mol. The summed E-state index contributed by atoms with van der Waals surface area (Å²) in [5, 5.41) is 3.46. The smallest absolute Gasteiger partial charge is 0.0931 e. The van der Waals surface area contributed by atoms with Gasteiger partial charge in [0.1, 0.15) is 0 Å². The maximum absolute atomic E-state index is 5.95. The molecule has 0 fully saturated rings. The summed E-state index contributed by atoms with van der Waals surface area (Å²) in [5.74, 6) is 0. The molecule has 1 aromatic rings. The average molecular weight is 291 g/mol.